The predicted octanol–water partition coefficient (Wildman–Crippen LogP) is 3.15. The molecule has 3 heteroatoms. The van der Waals surface area contributed by atoms with Gasteiger partial charge in [0, 0.05) is 17.4 Å². The van der Waals surface area contributed by atoms with E-state index >= 15 is 0 Å². The van der Waals surface area contributed by atoms with E-state index in [2.05, 4.69) is 0 Å². The van der Waals surface area contributed by atoms with Gasteiger partial charge in [-0.05, 0) is 41.8 Å². The van der Waals surface area contributed by atoms with Gasteiger partial charge in [0.15, 0.2) is 0 Å². The Morgan fingerprint density at radius 3 is 2.50 bits per heavy atom. The molecule has 0 atom stereocenters. The molecule has 0 radical (unpaired) electrons. The quantitative estimate of drug-likeness (QED) is 0.696. The number of aldehydes is 1. The molecule has 3 nitrogen and oxygen atoms in total. The number of fused-ring (bicyclic) bond motifs is 1. The van der Waals surface area contributed by atoms with Crippen LogP contribution in [0.1, 0.15) is 10.4 Å². The summed E-state index contributed by atoms with van der Waals surface area (Å²) in [7, 11) is 0. The van der Waals surface area contributed by atoms with E-state index in [-0.39, 0.29) is 5.75 Å². The van der Waals surface area contributed by atoms with E-state index in [0.29, 0.717) is 5.56 Å². The third-order valence-corrected chi connectivity index (χ3v) is 2.98. The standard InChI is InChI=1S/C15H11NO2/c17-10-11-1-2-12-7-8-16(15(12)9-11)13-3-5-14(18)6-4-13/h1-10,18H. The first-order chi connectivity index (χ1) is 8.78. The lowest BCUT2D eigenvalue weighted by Gasteiger charge is -2.05. The van der Waals surface area contributed by atoms with Crippen LogP contribution in [-0.4, -0.2) is 16.0 Å². The number of aromatic nitrogens is 1. The molecule has 0 fully saturated rings. The van der Waals surface area contributed by atoms with E-state index in [4.69, 9.17) is 0 Å². The Balaban J connectivity index is 2.22. The summed E-state index contributed by atoms with van der Waals surface area (Å²) in [6.07, 6.45) is 2.79. The van der Waals surface area contributed by atoms with Crippen LogP contribution in [0, 0.1) is 0 Å². The fraction of sp³-hybridized carbons (Fsp3) is 0. The van der Waals surface area contributed by atoms with Crippen molar-refractivity contribution in [3.05, 3.63) is 60.3 Å². The first-order valence-corrected chi connectivity index (χ1v) is 5.63. The van der Waals surface area contributed by atoms with Gasteiger partial charge < -0.3 is 9.67 Å². The topological polar surface area (TPSA) is 42.2 Å². The highest BCUT2D eigenvalue weighted by molar-refractivity contribution is 5.88. The molecule has 0 saturated heterocycles. The third-order valence-electron chi connectivity index (χ3n) is 2.98. The predicted molar refractivity (Wildman–Crippen MR) is 70.3 cm³/mol. The van der Waals surface area contributed by atoms with Crippen LogP contribution in [0.2, 0.25) is 0 Å². The summed E-state index contributed by atoms with van der Waals surface area (Å²) < 4.78 is 1.99. The van der Waals surface area contributed by atoms with Crippen LogP contribution < -0.4 is 0 Å². The molecule has 2 aromatic carbocycles. The zero-order valence-electron chi connectivity index (χ0n) is 9.58. The highest BCUT2D eigenvalue weighted by atomic mass is 16.3. The zero-order valence-corrected chi connectivity index (χ0v) is 9.58. The van der Waals surface area contributed by atoms with Gasteiger partial charge >= 0.3 is 0 Å². The number of hydrogen-bond acceptors (Lipinski definition) is 2. The molecule has 88 valence electrons. The second-order valence-electron chi connectivity index (χ2n) is 4.14. The number of carbonyl (C=O) groups is 1. The first kappa shape index (κ1) is 10.6. The van der Waals surface area contributed by atoms with Gasteiger partial charge in [0.2, 0.25) is 0 Å². The molecule has 0 aliphatic heterocycles. The minimum Gasteiger partial charge on any atom is -0.508 e. The molecular formula is C15H11NO2. The van der Waals surface area contributed by atoms with Gasteiger partial charge in [-0.3, -0.25) is 4.79 Å². The number of hydrogen-bond donors (Lipinski definition) is 1. The molecule has 1 aromatic heterocycles. The SMILES string of the molecule is O=Cc1ccc2ccn(-c3ccc(O)cc3)c2c1. The summed E-state index contributed by atoms with van der Waals surface area (Å²) in [4.78, 5) is 10.8. The van der Waals surface area contributed by atoms with Crippen molar-refractivity contribution in [1.29, 1.82) is 0 Å². The molecule has 3 aromatic rings. The van der Waals surface area contributed by atoms with E-state index in [9.17, 15) is 9.90 Å². The Morgan fingerprint density at radius 2 is 1.78 bits per heavy atom. The lowest BCUT2D eigenvalue weighted by atomic mass is 10.2. The monoisotopic (exact) mass is 237 g/mol. The second-order valence-corrected chi connectivity index (χ2v) is 4.14. The highest BCUT2D eigenvalue weighted by Crippen LogP contribution is 2.22. The van der Waals surface area contributed by atoms with E-state index in [0.717, 1.165) is 22.9 Å². The average Bonchev–Trinajstić information content (AvgIpc) is 2.82. The van der Waals surface area contributed by atoms with Crippen molar-refractivity contribution in [3.63, 3.8) is 0 Å². The maximum absolute atomic E-state index is 10.8. The fourth-order valence-electron chi connectivity index (χ4n) is 2.06. The Labute approximate surface area is 104 Å². The maximum atomic E-state index is 10.8. The van der Waals surface area contributed by atoms with Gasteiger partial charge in [-0.25, -0.2) is 0 Å². The molecule has 0 aliphatic carbocycles. The summed E-state index contributed by atoms with van der Waals surface area (Å²) in [6, 6.07) is 14.5. The van der Waals surface area contributed by atoms with Gasteiger partial charge in [0.05, 0.1) is 5.52 Å². The molecule has 0 aliphatic rings. The largest absolute Gasteiger partial charge is 0.508 e. The normalized spacial score (nSPS) is 10.7. The summed E-state index contributed by atoms with van der Waals surface area (Å²) in [5.41, 5.74) is 2.58. The minimum absolute atomic E-state index is 0.240. The van der Waals surface area contributed by atoms with E-state index in [1.165, 1.54) is 0 Å². The van der Waals surface area contributed by atoms with Gasteiger partial charge in [0.25, 0.3) is 0 Å². The van der Waals surface area contributed by atoms with Crippen molar-refractivity contribution in [1.82, 2.24) is 4.57 Å². The Kier molecular flexibility index (Phi) is 2.38. The number of aromatic hydroxyl groups is 1. The van der Waals surface area contributed by atoms with Crippen LogP contribution in [0.3, 0.4) is 0 Å². The van der Waals surface area contributed by atoms with Crippen molar-refractivity contribution < 1.29 is 9.90 Å². The van der Waals surface area contributed by atoms with Crippen molar-refractivity contribution in [2.24, 2.45) is 0 Å². The fourth-order valence-corrected chi connectivity index (χ4v) is 2.06. The van der Waals surface area contributed by atoms with Crippen molar-refractivity contribution in [2.75, 3.05) is 0 Å². The minimum atomic E-state index is 0.240. The zero-order chi connectivity index (χ0) is 12.5. The lowest BCUT2D eigenvalue weighted by Crippen LogP contribution is -1.91. The molecule has 0 spiro atoms. The Bertz CT molecular complexity index is 711. The molecule has 0 bridgehead atoms. The number of rotatable bonds is 2. The Morgan fingerprint density at radius 1 is 1.00 bits per heavy atom. The van der Waals surface area contributed by atoms with Crippen LogP contribution in [0.4, 0.5) is 0 Å². The van der Waals surface area contributed by atoms with Crippen molar-refractivity contribution in [3.8, 4) is 11.4 Å². The van der Waals surface area contributed by atoms with Crippen LogP contribution in [-0.2, 0) is 0 Å². The summed E-state index contributed by atoms with van der Waals surface area (Å²) in [6.45, 7) is 0. The molecule has 0 saturated carbocycles. The van der Waals surface area contributed by atoms with Crippen molar-refractivity contribution in [2.45, 2.75) is 0 Å². The molecule has 0 amide bonds. The lowest BCUT2D eigenvalue weighted by molar-refractivity contribution is 0.112. The molecule has 1 N–H and O–H groups in total. The number of phenols is 1. The number of benzene rings is 2. The van der Waals surface area contributed by atoms with E-state index in [1.807, 2.05) is 41.1 Å². The molecular weight excluding hydrogens is 226 g/mol. The van der Waals surface area contributed by atoms with Crippen molar-refractivity contribution >= 4 is 17.2 Å². The molecule has 1 heterocycles. The van der Waals surface area contributed by atoms with E-state index < -0.39 is 0 Å². The summed E-state index contributed by atoms with van der Waals surface area (Å²) in [5, 5.41) is 10.4. The highest BCUT2D eigenvalue weighted by Gasteiger charge is 2.04. The van der Waals surface area contributed by atoms with Gasteiger partial charge in [0.1, 0.15) is 12.0 Å². The number of nitrogens with zero attached hydrogens (tertiary/aromatic N) is 1. The second kappa shape index (κ2) is 4.04. The van der Waals surface area contributed by atoms with Gasteiger partial charge in [-0.1, -0.05) is 12.1 Å². The third kappa shape index (κ3) is 1.66. The number of carbonyl (C=O) groups excluding carboxylic acids is 1. The average molecular weight is 237 g/mol. The van der Waals surface area contributed by atoms with Crippen LogP contribution in [0.25, 0.3) is 16.6 Å². The molecule has 3 rings (SSSR count). The molecule has 0 unspecified atom stereocenters. The molecule has 18 heavy (non-hydrogen) atoms. The smallest absolute Gasteiger partial charge is 0.150 e. The first-order valence-electron chi connectivity index (χ1n) is 5.63. The van der Waals surface area contributed by atoms with E-state index in [1.54, 1.807) is 18.2 Å². The van der Waals surface area contributed by atoms with Gasteiger partial charge in [-0.15, -0.1) is 0 Å². The summed E-state index contributed by atoms with van der Waals surface area (Å²) in [5.74, 6) is 0.240. The Hall–Kier alpha value is -2.55. The maximum Gasteiger partial charge on any atom is 0.150 e. The van der Waals surface area contributed by atoms with Crippen LogP contribution in [0.15, 0.2) is 54.7 Å². The van der Waals surface area contributed by atoms with Gasteiger partial charge in [-0.2, -0.15) is 0 Å². The van der Waals surface area contributed by atoms with Crippen LogP contribution >= 0.6 is 0 Å². The van der Waals surface area contributed by atoms with Crippen LogP contribution in [0.5, 0.6) is 5.75 Å². The number of phenolic OH excluding ortho intramolecular Hbond substituents is 1. The summed E-state index contributed by atoms with van der Waals surface area (Å²) >= 11 is 0.